The minimum atomic E-state index is -0.611. The van der Waals surface area contributed by atoms with Gasteiger partial charge < -0.3 is 15.4 Å². The number of hydrogen-bond donors (Lipinski definition) is 2. The summed E-state index contributed by atoms with van der Waals surface area (Å²) in [7, 11) is 0. The largest absolute Gasteiger partial charge is 0.490 e. The smallest absolute Gasteiger partial charge is 0.255 e. The maximum absolute atomic E-state index is 12.3. The average molecular weight is 389 g/mol. The van der Waals surface area contributed by atoms with E-state index in [-0.39, 0.29) is 11.8 Å². The molecular formula is C18H17BrN2O3. The van der Waals surface area contributed by atoms with E-state index in [4.69, 9.17) is 4.74 Å². The van der Waals surface area contributed by atoms with Gasteiger partial charge in [0.2, 0.25) is 5.91 Å². The number of fused-ring (bicyclic) bond motifs is 1. The Morgan fingerprint density at radius 1 is 1.21 bits per heavy atom. The van der Waals surface area contributed by atoms with Gasteiger partial charge in [0, 0.05) is 15.7 Å². The fraction of sp³-hybridized carbons (Fsp3) is 0.222. The number of benzene rings is 2. The Morgan fingerprint density at radius 3 is 2.62 bits per heavy atom. The lowest BCUT2D eigenvalue weighted by Crippen LogP contribution is -2.33. The Kier molecular flexibility index (Phi) is 4.32. The van der Waals surface area contributed by atoms with E-state index in [1.54, 1.807) is 30.3 Å². The molecule has 6 heteroatoms. The molecule has 1 aliphatic heterocycles. The highest BCUT2D eigenvalue weighted by molar-refractivity contribution is 9.10. The number of rotatable bonds is 2. The first-order valence-corrected chi connectivity index (χ1v) is 8.30. The fourth-order valence-electron chi connectivity index (χ4n) is 2.25. The van der Waals surface area contributed by atoms with Crippen molar-refractivity contribution in [3.63, 3.8) is 0 Å². The minimum Gasteiger partial charge on any atom is -0.490 e. The summed E-state index contributed by atoms with van der Waals surface area (Å²) in [5.74, 6) is 0.261. The predicted octanol–water partition coefficient (Wildman–Crippen LogP) is 4.06. The van der Waals surface area contributed by atoms with Gasteiger partial charge >= 0.3 is 0 Å². The third-order valence-electron chi connectivity index (χ3n) is 3.80. The van der Waals surface area contributed by atoms with E-state index in [2.05, 4.69) is 26.6 Å². The molecule has 2 N–H and O–H groups in total. The summed E-state index contributed by atoms with van der Waals surface area (Å²) in [4.78, 5) is 24.5. The Labute approximate surface area is 148 Å². The van der Waals surface area contributed by atoms with Gasteiger partial charge in [0.1, 0.15) is 12.4 Å². The Hall–Kier alpha value is -2.34. The van der Waals surface area contributed by atoms with E-state index in [1.165, 1.54) is 0 Å². The zero-order chi connectivity index (χ0) is 17.3. The van der Waals surface area contributed by atoms with E-state index in [9.17, 15) is 9.59 Å². The first kappa shape index (κ1) is 16.5. The lowest BCUT2D eigenvalue weighted by molar-refractivity contribution is -0.124. The quantitative estimate of drug-likeness (QED) is 0.814. The van der Waals surface area contributed by atoms with Gasteiger partial charge in [0.15, 0.2) is 0 Å². The van der Waals surface area contributed by atoms with Crippen LogP contribution >= 0.6 is 15.9 Å². The van der Waals surface area contributed by atoms with Crippen LogP contribution in [0.25, 0.3) is 0 Å². The molecule has 0 radical (unpaired) electrons. The van der Waals surface area contributed by atoms with Crippen LogP contribution in [0.15, 0.2) is 46.9 Å². The topological polar surface area (TPSA) is 67.4 Å². The van der Waals surface area contributed by atoms with Crippen LogP contribution in [0.3, 0.4) is 0 Å². The number of carbonyl (C=O) groups excluding carboxylic acids is 2. The molecule has 0 bridgehead atoms. The number of ether oxygens (including phenoxy) is 1. The van der Waals surface area contributed by atoms with Gasteiger partial charge in [-0.2, -0.15) is 0 Å². The zero-order valence-electron chi connectivity index (χ0n) is 13.4. The average Bonchev–Trinajstić information content (AvgIpc) is 2.64. The van der Waals surface area contributed by atoms with Crippen molar-refractivity contribution in [1.29, 1.82) is 0 Å². The van der Waals surface area contributed by atoms with Crippen molar-refractivity contribution in [3.05, 3.63) is 52.5 Å². The molecular weight excluding hydrogens is 372 g/mol. The summed E-state index contributed by atoms with van der Waals surface area (Å²) < 4.78 is 6.60. The SMILES string of the molecule is CC1(C)COc2ccc(NC(=O)c3ccc(Br)cc3)cc2NC1=O. The number of carbonyl (C=O) groups is 2. The molecule has 0 saturated heterocycles. The van der Waals surface area contributed by atoms with Crippen LogP contribution < -0.4 is 15.4 Å². The normalized spacial score (nSPS) is 15.5. The van der Waals surface area contributed by atoms with Gasteiger partial charge in [-0.25, -0.2) is 0 Å². The number of hydrogen-bond acceptors (Lipinski definition) is 3. The van der Waals surface area contributed by atoms with Crippen LogP contribution in [0.4, 0.5) is 11.4 Å². The number of amides is 2. The van der Waals surface area contributed by atoms with Gasteiger partial charge in [0.05, 0.1) is 11.1 Å². The van der Waals surface area contributed by atoms with Gasteiger partial charge in [-0.05, 0) is 56.3 Å². The first-order chi connectivity index (χ1) is 11.3. The highest BCUT2D eigenvalue weighted by Gasteiger charge is 2.32. The number of nitrogens with one attached hydrogen (secondary N) is 2. The van der Waals surface area contributed by atoms with Crippen molar-refractivity contribution in [3.8, 4) is 5.75 Å². The van der Waals surface area contributed by atoms with Crippen LogP contribution in [0.1, 0.15) is 24.2 Å². The first-order valence-electron chi connectivity index (χ1n) is 7.50. The number of halogens is 1. The molecule has 0 unspecified atom stereocenters. The fourth-order valence-corrected chi connectivity index (χ4v) is 2.52. The van der Waals surface area contributed by atoms with Gasteiger partial charge in [0.25, 0.3) is 5.91 Å². The van der Waals surface area contributed by atoms with Crippen molar-refractivity contribution in [2.24, 2.45) is 5.41 Å². The van der Waals surface area contributed by atoms with Crippen molar-refractivity contribution in [2.45, 2.75) is 13.8 Å². The molecule has 2 aromatic carbocycles. The van der Waals surface area contributed by atoms with Crippen molar-refractivity contribution in [1.82, 2.24) is 0 Å². The summed E-state index contributed by atoms with van der Waals surface area (Å²) in [5.41, 5.74) is 1.08. The highest BCUT2D eigenvalue weighted by Crippen LogP contribution is 2.34. The Morgan fingerprint density at radius 2 is 1.92 bits per heavy atom. The molecule has 124 valence electrons. The molecule has 0 saturated carbocycles. The molecule has 0 aliphatic carbocycles. The van der Waals surface area contributed by atoms with Crippen LogP contribution in [0.2, 0.25) is 0 Å². The van der Waals surface area contributed by atoms with Gasteiger partial charge in [-0.15, -0.1) is 0 Å². The molecule has 2 aromatic rings. The molecule has 0 spiro atoms. The van der Waals surface area contributed by atoms with E-state index < -0.39 is 5.41 Å². The van der Waals surface area contributed by atoms with Crippen molar-refractivity contribution < 1.29 is 14.3 Å². The Balaban J connectivity index is 1.81. The second-order valence-electron chi connectivity index (χ2n) is 6.30. The van der Waals surface area contributed by atoms with E-state index >= 15 is 0 Å². The van der Waals surface area contributed by atoms with Crippen LogP contribution in [0.5, 0.6) is 5.75 Å². The minimum absolute atomic E-state index is 0.113. The Bertz CT molecular complexity index is 800. The highest BCUT2D eigenvalue weighted by atomic mass is 79.9. The summed E-state index contributed by atoms with van der Waals surface area (Å²) in [6.07, 6.45) is 0. The molecule has 1 heterocycles. The van der Waals surface area contributed by atoms with Crippen LogP contribution in [-0.4, -0.2) is 18.4 Å². The third kappa shape index (κ3) is 3.43. The van der Waals surface area contributed by atoms with Gasteiger partial charge in [-0.1, -0.05) is 15.9 Å². The van der Waals surface area contributed by atoms with E-state index in [0.29, 0.717) is 29.3 Å². The number of anilines is 2. The molecule has 3 rings (SSSR count). The van der Waals surface area contributed by atoms with E-state index in [0.717, 1.165) is 4.47 Å². The summed E-state index contributed by atoms with van der Waals surface area (Å²) in [6.45, 7) is 3.95. The molecule has 0 fully saturated rings. The standard InChI is InChI=1S/C18H17BrN2O3/c1-18(2)10-24-15-8-7-13(9-14(15)21-17(18)23)20-16(22)11-3-5-12(19)6-4-11/h3-9H,10H2,1-2H3,(H,20,22)(H,21,23). The molecule has 2 amide bonds. The predicted molar refractivity (Wildman–Crippen MR) is 96.4 cm³/mol. The van der Waals surface area contributed by atoms with E-state index in [1.807, 2.05) is 26.0 Å². The third-order valence-corrected chi connectivity index (χ3v) is 4.32. The zero-order valence-corrected chi connectivity index (χ0v) is 14.9. The lowest BCUT2D eigenvalue weighted by atomic mass is 9.94. The molecule has 0 aromatic heterocycles. The lowest BCUT2D eigenvalue weighted by Gasteiger charge is -2.18. The van der Waals surface area contributed by atoms with Crippen molar-refractivity contribution in [2.75, 3.05) is 17.2 Å². The maximum atomic E-state index is 12.3. The van der Waals surface area contributed by atoms with Gasteiger partial charge in [-0.3, -0.25) is 9.59 Å². The van der Waals surface area contributed by atoms with Crippen molar-refractivity contribution >= 4 is 39.1 Å². The summed E-state index contributed by atoms with van der Waals surface area (Å²) >= 11 is 3.34. The second-order valence-corrected chi connectivity index (χ2v) is 7.21. The second kappa shape index (κ2) is 6.28. The molecule has 5 nitrogen and oxygen atoms in total. The summed E-state index contributed by atoms with van der Waals surface area (Å²) in [5, 5.41) is 5.67. The molecule has 1 aliphatic rings. The maximum Gasteiger partial charge on any atom is 0.255 e. The molecule has 24 heavy (non-hydrogen) atoms. The summed E-state index contributed by atoms with van der Waals surface area (Å²) in [6, 6.07) is 12.3. The van der Waals surface area contributed by atoms with Crippen LogP contribution in [-0.2, 0) is 4.79 Å². The molecule has 0 atom stereocenters. The van der Waals surface area contributed by atoms with Crippen LogP contribution in [0, 0.1) is 5.41 Å². The monoisotopic (exact) mass is 388 g/mol.